The number of hydrogen-bond acceptors (Lipinski definition) is 4. The van der Waals surface area contributed by atoms with E-state index in [1.165, 1.54) is 0 Å². The predicted octanol–water partition coefficient (Wildman–Crippen LogP) is 7.46. The van der Waals surface area contributed by atoms with Crippen LogP contribution in [0.5, 0.6) is 0 Å². The number of hydrogen-bond donors (Lipinski definition) is 2. The van der Waals surface area contributed by atoms with E-state index < -0.39 is 17.7 Å². The van der Waals surface area contributed by atoms with Crippen molar-refractivity contribution < 1.29 is 19.4 Å². The van der Waals surface area contributed by atoms with Gasteiger partial charge in [0.25, 0.3) is 0 Å². The normalized spacial score (nSPS) is 11.1. The summed E-state index contributed by atoms with van der Waals surface area (Å²) >= 11 is 6.49. The molecule has 0 saturated carbocycles. The Hall–Kier alpha value is -4.16. The highest BCUT2D eigenvalue weighted by Gasteiger charge is 2.16. The second kappa shape index (κ2) is 10.8. The molecule has 0 aliphatic heterocycles. The second-order valence-corrected chi connectivity index (χ2v) is 9.98. The van der Waals surface area contributed by atoms with Gasteiger partial charge in [-0.1, -0.05) is 66.2 Å². The summed E-state index contributed by atoms with van der Waals surface area (Å²) in [6, 6.07) is 25.7. The average Bonchev–Trinajstić information content (AvgIpc) is 2.86. The molecule has 1 heterocycles. The summed E-state index contributed by atoms with van der Waals surface area (Å²) in [5.41, 5.74) is 4.95. The van der Waals surface area contributed by atoms with Crippen molar-refractivity contribution in [2.24, 2.45) is 0 Å². The summed E-state index contributed by atoms with van der Waals surface area (Å²) in [5.74, 6) is -0.981. The highest BCUT2D eigenvalue weighted by atomic mass is 35.5. The van der Waals surface area contributed by atoms with E-state index in [1.54, 1.807) is 30.3 Å². The third kappa shape index (κ3) is 6.74. The molecule has 1 aromatic heterocycles. The number of aromatic nitrogens is 1. The molecule has 0 saturated heterocycles. The van der Waals surface area contributed by atoms with Gasteiger partial charge in [0.1, 0.15) is 5.60 Å². The molecule has 4 rings (SSSR count). The summed E-state index contributed by atoms with van der Waals surface area (Å²) in [5, 5.41) is 12.9. The molecule has 0 aliphatic carbocycles. The largest absolute Gasteiger partial charge is 0.478 e. The van der Waals surface area contributed by atoms with Crippen molar-refractivity contribution in [3.63, 3.8) is 0 Å². The van der Waals surface area contributed by atoms with Crippen LogP contribution in [0, 0.1) is 0 Å². The zero-order valence-electron chi connectivity index (χ0n) is 20.8. The van der Waals surface area contributed by atoms with E-state index in [-0.39, 0.29) is 5.56 Å². The number of rotatable bonds is 6. The van der Waals surface area contributed by atoms with E-state index in [0.717, 1.165) is 22.3 Å². The molecule has 0 atom stereocenters. The number of nitrogens with zero attached hydrogens (tertiary/aromatic N) is 1. The molecular formula is C30H27ClN2O4. The summed E-state index contributed by atoms with van der Waals surface area (Å²) < 4.78 is 5.30. The minimum atomic E-state index is -0.981. The van der Waals surface area contributed by atoms with Crippen LogP contribution in [0.4, 0.5) is 4.79 Å². The Bertz CT molecular complexity index is 1460. The number of pyridine rings is 1. The quantitative estimate of drug-likeness (QED) is 0.279. The molecule has 0 aliphatic rings. The highest BCUT2D eigenvalue weighted by Crippen LogP contribution is 2.31. The molecule has 0 radical (unpaired) electrons. The fourth-order valence-corrected chi connectivity index (χ4v) is 4.10. The number of carbonyl (C=O) groups is 2. The Kier molecular flexibility index (Phi) is 7.60. The number of carboxylic acid groups (broad SMARTS) is 1. The van der Waals surface area contributed by atoms with Gasteiger partial charge in [0, 0.05) is 22.7 Å². The monoisotopic (exact) mass is 514 g/mol. The van der Waals surface area contributed by atoms with Gasteiger partial charge in [-0.25, -0.2) is 14.6 Å². The number of halogens is 1. The first kappa shape index (κ1) is 25.9. The standard InChI is InChI=1S/C30H27ClN2O4/c1-30(2,3)37-29(36)32-18-19-8-6-10-21(14-19)26-16-23(31)17-27(33-26)22-11-7-9-20(15-22)24-12-4-5-13-25(24)28(34)35/h4-17H,18H2,1-3H3,(H,32,36)(H,34,35). The summed E-state index contributed by atoms with van der Waals surface area (Å²) in [6.07, 6.45) is -0.481. The smallest absolute Gasteiger partial charge is 0.407 e. The fourth-order valence-electron chi connectivity index (χ4n) is 3.89. The molecule has 0 fully saturated rings. The molecule has 4 aromatic rings. The summed E-state index contributed by atoms with van der Waals surface area (Å²) in [4.78, 5) is 28.6. The fraction of sp³-hybridized carbons (Fsp3) is 0.167. The summed E-state index contributed by atoms with van der Waals surface area (Å²) in [7, 11) is 0. The van der Waals surface area contributed by atoms with Gasteiger partial charge in [-0.05, 0) is 67.8 Å². The first-order valence-electron chi connectivity index (χ1n) is 11.8. The van der Waals surface area contributed by atoms with Crippen LogP contribution in [0.15, 0.2) is 84.9 Å². The minimum absolute atomic E-state index is 0.233. The Morgan fingerprint density at radius 2 is 1.49 bits per heavy atom. The summed E-state index contributed by atoms with van der Waals surface area (Å²) in [6.45, 7) is 5.75. The number of nitrogens with one attached hydrogen (secondary N) is 1. The third-order valence-corrected chi connectivity index (χ3v) is 5.69. The van der Waals surface area contributed by atoms with Crippen LogP contribution in [-0.4, -0.2) is 27.8 Å². The molecule has 3 aromatic carbocycles. The van der Waals surface area contributed by atoms with Crippen molar-refractivity contribution in [2.45, 2.75) is 32.9 Å². The van der Waals surface area contributed by atoms with E-state index in [4.69, 9.17) is 21.3 Å². The maximum absolute atomic E-state index is 12.0. The molecular weight excluding hydrogens is 488 g/mol. The van der Waals surface area contributed by atoms with Crippen LogP contribution >= 0.6 is 11.6 Å². The van der Waals surface area contributed by atoms with Crippen LogP contribution in [-0.2, 0) is 11.3 Å². The maximum Gasteiger partial charge on any atom is 0.407 e. The van der Waals surface area contributed by atoms with Crippen molar-refractivity contribution in [1.29, 1.82) is 0 Å². The van der Waals surface area contributed by atoms with E-state index in [0.29, 0.717) is 28.5 Å². The first-order valence-corrected chi connectivity index (χ1v) is 12.1. The molecule has 1 amide bonds. The maximum atomic E-state index is 12.0. The van der Waals surface area contributed by atoms with Crippen LogP contribution in [0.2, 0.25) is 5.02 Å². The van der Waals surface area contributed by atoms with Crippen molar-refractivity contribution in [3.8, 4) is 33.6 Å². The molecule has 0 unspecified atom stereocenters. The number of aromatic carboxylic acids is 1. The molecule has 0 bridgehead atoms. The van der Waals surface area contributed by atoms with Gasteiger partial charge >= 0.3 is 12.1 Å². The minimum Gasteiger partial charge on any atom is -0.478 e. The molecule has 2 N–H and O–H groups in total. The van der Waals surface area contributed by atoms with E-state index in [2.05, 4.69) is 5.32 Å². The van der Waals surface area contributed by atoms with Crippen molar-refractivity contribution in [1.82, 2.24) is 10.3 Å². The van der Waals surface area contributed by atoms with Gasteiger partial charge in [-0.2, -0.15) is 0 Å². The zero-order valence-corrected chi connectivity index (χ0v) is 21.5. The van der Waals surface area contributed by atoms with Crippen molar-refractivity contribution >= 4 is 23.7 Å². The van der Waals surface area contributed by atoms with E-state index in [9.17, 15) is 14.7 Å². The van der Waals surface area contributed by atoms with Crippen LogP contribution in [0.1, 0.15) is 36.7 Å². The van der Waals surface area contributed by atoms with Crippen molar-refractivity contribution in [2.75, 3.05) is 0 Å². The Balaban J connectivity index is 1.62. The van der Waals surface area contributed by atoms with Gasteiger partial charge < -0.3 is 15.2 Å². The number of carbonyl (C=O) groups excluding carboxylic acids is 1. The zero-order chi connectivity index (χ0) is 26.6. The number of amides is 1. The Morgan fingerprint density at radius 1 is 0.865 bits per heavy atom. The topological polar surface area (TPSA) is 88.5 Å². The average molecular weight is 515 g/mol. The van der Waals surface area contributed by atoms with Gasteiger partial charge in [0.2, 0.25) is 0 Å². The van der Waals surface area contributed by atoms with Gasteiger partial charge in [-0.15, -0.1) is 0 Å². The molecule has 0 spiro atoms. The lowest BCUT2D eigenvalue weighted by molar-refractivity contribution is 0.0523. The second-order valence-electron chi connectivity index (χ2n) is 9.54. The lowest BCUT2D eigenvalue weighted by Gasteiger charge is -2.19. The van der Waals surface area contributed by atoms with E-state index >= 15 is 0 Å². The van der Waals surface area contributed by atoms with Gasteiger partial charge in [0.15, 0.2) is 0 Å². The first-order chi connectivity index (χ1) is 17.6. The molecule has 37 heavy (non-hydrogen) atoms. The highest BCUT2D eigenvalue weighted by molar-refractivity contribution is 6.31. The van der Waals surface area contributed by atoms with Crippen LogP contribution < -0.4 is 5.32 Å². The number of benzene rings is 3. The lowest BCUT2D eigenvalue weighted by atomic mass is 9.97. The SMILES string of the molecule is CC(C)(C)OC(=O)NCc1cccc(-c2cc(Cl)cc(-c3cccc(-c4ccccc4C(=O)O)c3)n2)c1. The van der Waals surface area contributed by atoms with Gasteiger partial charge in [0.05, 0.1) is 17.0 Å². The Morgan fingerprint density at radius 3 is 2.16 bits per heavy atom. The lowest BCUT2D eigenvalue weighted by Crippen LogP contribution is -2.32. The number of carboxylic acids is 1. The molecule has 6 nitrogen and oxygen atoms in total. The van der Waals surface area contributed by atoms with E-state index in [1.807, 2.05) is 75.4 Å². The predicted molar refractivity (Wildman–Crippen MR) is 146 cm³/mol. The molecule has 7 heteroatoms. The van der Waals surface area contributed by atoms with Gasteiger partial charge in [-0.3, -0.25) is 0 Å². The van der Waals surface area contributed by atoms with Crippen molar-refractivity contribution in [3.05, 3.63) is 101 Å². The van der Waals surface area contributed by atoms with Crippen LogP contribution in [0.25, 0.3) is 33.6 Å². The van der Waals surface area contributed by atoms with Crippen LogP contribution in [0.3, 0.4) is 0 Å². The Labute approximate surface area is 220 Å². The third-order valence-electron chi connectivity index (χ3n) is 5.48. The number of ether oxygens (including phenoxy) is 1. The molecule has 188 valence electrons. The number of alkyl carbamates (subject to hydrolysis) is 1.